The number of aromatic nitrogens is 1. The topological polar surface area (TPSA) is 54.0 Å². The summed E-state index contributed by atoms with van der Waals surface area (Å²) in [6.07, 6.45) is 2.56. The number of amides is 1. The molecule has 0 bridgehead atoms. The van der Waals surface area contributed by atoms with Gasteiger partial charge in [0.05, 0.1) is 5.56 Å². The van der Waals surface area contributed by atoms with Crippen LogP contribution < -0.4 is 10.6 Å². The minimum atomic E-state index is -0.146. The number of carbonyl (C=O) groups excluding carboxylic acids is 1. The van der Waals surface area contributed by atoms with Gasteiger partial charge in [-0.1, -0.05) is 25.1 Å². The van der Waals surface area contributed by atoms with Gasteiger partial charge in [-0.25, -0.2) is 4.98 Å². The second kappa shape index (κ2) is 6.88. The highest BCUT2D eigenvalue weighted by Crippen LogP contribution is 2.19. The van der Waals surface area contributed by atoms with Gasteiger partial charge in [0.15, 0.2) is 0 Å². The van der Waals surface area contributed by atoms with Crippen LogP contribution in [0.1, 0.15) is 36.7 Å². The average Bonchev–Trinajstić information content (AvgIpc) is 2.47. The van der Waals surface area contributed by atoms with Crippen LogP contribution in [0.5, 0.6) is 0 Å². The second-order valence-corrected chi connectivity index (χ2v) is 5.16. The molecule has 0 saturated carbocycles. The number of nitrogens with zero attached hydrogens (tertiary/aromatic N) is 1. The molecule has 2 aromatic rings. The third-order valence-corrected chi connectivity index (χ3v) is 3.12. The van der Waals surface area contributed by atoms with Crippen molar-refractivity contribution in [3.63, 3.8) is 0 Å². The minimum absolute atomic E-state index is 0.146. The Balaban J connectivity index is 2.24. The number of nitrogens with one attached hydrogen (secondary N) is 2. The Morgan fingerprint density at radius 1 is 1.19 bits per heavy atom. The number of hydrogen-bond acceptors (Lipinski definition) is 3. The molecule has 1 aromatic carbocycles. The summed E-state index contributed by atoms with van der Waals surface area (Å²) in [5.41, 5.74) is 2.52. The zero-order valence-corrected chi connectivity index (χ0v) is 12.7. The van der Waals surface area contributed by atoms with Crippen molar-refractivity contribution in [3.8, 4) is 0 Å². The van der Waals surface area contributed by atoms with Crippen LogP contribution >= 0.6 is 0 Å². The third-order valence-electron chi connectivity index (χ3n) is 3.12. The number of pyridine rings is 1. The van der Waals surface area contributed by atoms with E-state index in [1.165, 1.54) is 0 Å². The van der Waals surface area contributed by atoms with E-state index in [0.717, 1.165) is 17.7 Å². The van der Waals surface area contributed by atoms with E-state index >= 15 is 0 Å². The van der Waals surface area contributed by atoms with Crippen LogP contribution in [0.25, 0.3) is 0 Å². The van der Waals surface area contributed by atoms with E-state index in [4.69, 9.17) is 0 Å². The summed E-state index contributed by atoms with van der Waals surface area (Å²) >= 11 is 0. The zero-order chi connectivity index (χ0) is 15.2. The van der Waals surface area contributed by atoms with Gasteiger partial charge in [0, 0.05) is 17.9 Å². The van der Waals surface area contributed by atoms with Crippen LogP contribution in [0, 0.1) is 0 Å². The summed E-state index contributed by atoms with van der Waals surface area (Å²) in [5.74, 6) is 0.464. The first-order valence-electron chi connectivity index (χ1n) is 7.22. The molecule has 0 unspecified atom stereocenters. The van der Waals surface area contributed by atoms with Gasteiger partial charge in [0.1, 0.15) is 5.82 Å². The smallest absolute Gasteiger partial charge is 0.259 e. The Morgan fingerprint density at radius 3 is 2.67 bits per heavy atom. The molecule has 0 aliphatic carbocycles. The summed E-state index contributed by atoms with van der Waals surface area (Å²) in [7, 11) is 0. The van der Waals surface area contributed by atoms with Gasteiger partial charge >= 0.3 is 0 Å². The summed E-state index contributed by atoms with van der Waals surface area (Å²) in [5, 5.41) is 6.17. The third kappa shape index (κ3) is 3.81. The molecule has 0 aliphatic rings. The Morgan fingerprint density at radius 2 is 1.95 bits per heavy atom. The first kappa shape index (κ1) is 15.0. The molecule has 0 atom stereocenters. The van der Waals surface area contributed by atoms with E-state index in [2.05, 4.69) is 22.5 Å². The van der Waals surface area contributed by atoms with Crippen molar-refractivity contribution in [2.75, 3.05) is 10.6 Å². The van der Waals surface area contributed by atoms with Gasteiger partial charge in [0.2, 0.25) is 0 Å². The molecule has 4 nitrogen and oxygen atoms in total. The van der Waals surface area contributed by atoms with Crippen molar-refractivity contribution in [1.82, 2.24) is 4.98 Å². The minimum Gasteiger partial charge on any atom is -0.367 e. The molecular weight excluding hydrogens is 262 g/mol. The molecule has 21 heavy (non-hydrogen) atoms. The van der Waals surface area contributed by atoms with Crippen LogP contribution in [0.15, 0.2) is 42.6 Å². The molecule has 1 aromatic heterocycles. The summed E-state index contributed by atoms with van der Waals surface area (Å²) in [6, 6.07) is 11.6. The van der Waals surface area contributed by atoms with Gasteiger partial charge in [-0.05, 0) is 44.0 Å². The SMILES string of the molecule is CCc1ccccc1NC(=O)c1cccnc1NC(C)C. The van der Waals surface area contributed by atoms with Crippen molar-refractivity contribution in [2.24, 2.45) is 0 Å². The molecule has 4 heteroatoms. The summed E-state index contributed by atoms with van der Waals surface area (Å²) in [6.45, 7) is 6.10. The molecule has 1 amide bonds. The molecule has 0 spiro atoms. The lowest BCUT2D eigenvalue weighted by atomic mass is 10.1. The van der Waals surface area contributed by atoms with E-state index in [1.807, 2.05) is 38.1 Å². The Labute approximate surface area is 125 Å². The number of carbonyl (C=O) groups is 1. The fraction of sp³-hybridized carbons (Fsp3) is 0.294. The fourth-order valence-corrected chi connectivity index (χ4v) is 2.12. The highest BCUT2D eigenvalue weighted by atomic mass is 16.1. The van der Waals surface area contributed by atoms with Crippen LogP contribution in [-0.2, 0) is 6.42 Å². The van der Waals surface area contributed by atoms with Gasteiger partial charge in [-0.2, -0.15) is 0 Å². The number of benzene rings is 1. The number of rotatable bonds is 5. The lowest BCUT2D eigenvalue weighted by Gasteiger charge is -2.14. The molecular formula is C17H21N3O. The molecule has 0 fully saturated rings. The van der Waals surface area contributed by atoms with Crippen LogP contribution in [-0.4, -0.2) is 16.9 Å². The Hall–Kier alpha value is -2.36. The largest absolute Gasteiger partial charge is 0.367 e. The van der Waals surface area contributed by atoms with Crippen molar-refractivity contribution in [1.29, 1.82) is 0 Å². The van der Waals surface area contributed by atoms with Gasteiger partial charge in [0.25, 0.3) is 5.91 Å². The standard InChI is InChI=1S/C17H21N3O/c1-4-13-8-5-6-10-15(13)20-17(21)14-9-7-11-18-16(14)19-12(2)3/h5-12H,4H2,1-3H3,(H,18,19)(H,20,21). The van der Waals surface area contributed by atoms with Gasteiger partial charge in [-0.15, -0.1) is 0 Å². The highest BCUT2D eigenvalue weighted by molar-refractivity contribution is 6.07. The van der Waals surface area contributed by atoms with Crippen molar-refractivity contribution < 1.29 is 4.79 Å². The quantitative estimate of drug-likeness (QED) is 0.879. The monoisotopic (exact) mass is 283 g/mol. The highest BCUT2D eigenvalue weighted by Gasteiger charge is 2.14. The molecule has 0 radical (unpaired) electrons. The average molecular weight is 283 g/mol. The summed E-state index contributed by atoms with van der Waals surface area (Å²) < 4.78 is 0. The molecule has 0 saturated heterocycles. The van der Waals surface area contributed by atoms with Crippen molar-refractivity contribution >= 4 is 17.4 Å². The molecule has 110 valence electrons. The van der Waals surface area contributed by atoms with E-state index in [0.29, 0.717) is 11.4 Å². The van der Waals surface area contributed by atoms with Crippen LogP contribution in [0.4, 0.5) is 11.5 Å². The van der Waals surface area contributed by atoms with Crippen molar-refractivity contribution in [3.05, 3.63) is 53.7 Å². The van der Waals surface area contributed by atoms with E-state index < -0.39 is 0 Å². The number of para-hydroxylation sites is 1. The first-order chi connectivity index (χ1) is 10.1. The predicted molar refractivity (Wildman–Crippen MR) is 86.8 cm³/mol. The zero-order valence-electron chi connectivity index (χ0n) is 12.7. The lowest BCUT2D eigenvalue weighted by Crippen LogP contribution is -2.19. The van der Waals surface area contributed by atoms with Crippen LogP contribution in [0.3, 0.4) is 0 Å². The van der Waals surface area contributed by atoms with E-state index in [-0.39, 0.29) is 11.9 Å². The van der Waals surface area contributed by atoms with Gasteiger partial charge < -0.3 is 10.6 Å². The first-order valence-corrected chi connectivity index (χ1v) is 7.22. The number of hydrogen-bond donors (Lipinski definition) is 2. The fourth-order valence-electron chi connectivity index (χ4n) is 2.12. The normalized spacial score (nSPS) is 10.5. The van der Waals surface area contributed by atoms with Crippen molar-refractivity contribution in [2.45, 2.75) is 33.2 Å². The Bertz CT molecular complexity index is 623. The number of aryl methyl sites for hydroxylation is 1. The molecule has 1 heterocycles. The maximum atomic E-state index is 12.5. The molecule has 2 N–H and O–H groups in total. The number of anilines is 2. The molecule has 0 aliphatic heterocycles. The van der Waals surface area contributed by atoms with E-state index in [1.54, 1.807) is 18.3 Å². The predicted octanol–water partition coefficient (Wildman–Crippen LogP) is 3.72. The maximum absolute atomic E-state index is 12.5. The Kier molecular flexibility index (Phi) is 4.93. The molecule has 2 rings (SSSR count). The van der Waals surface area contributed by atoms with Crippen LogP contribution in [0.2, 0.25) is 0 Å². The lowest BCUT2D eigenvalue weighted by molar-refractivity contribution is 0.102. The summed E-state index contributed by atoms with van der Waals surface area (Å²) in [4.78, 5) is 16.7. The maximum Gasteiger partial charge on any atom is 0.259 e. The van der Waals surface area contributed by atoms with E-state index in [9.17, 15) is 4.79 Å². The van der Waals surface area contributed by atoms with Gasteiger partial charge in [-0.3, -0.25) is 4.79 Å². The second-order valence-electron chi connectivity index (χ2n) is 5.16.